The van der Waals surface area contributed by atoms with Crippen LogP contribution in [-0.2, 0) is 4.74 Å². The van der Waals surface area contributed by atoms with Crippen molar-refractivity contribution in [2.24, 2.45) is 0 Å². The molecule has 0 unspecified atom stereocenters. The first-order chi connectivity index (χ1) is 7.74. The van der Waals surface area contributed by atoms with Gasteiger partial charge in [0.1, 0.15) is 0 Å². The summed E-state index contributed by atoms with van der Waals surface area (Å²) in [6.45, 7) is 1.94. The van der Waals surface area contributed by atoms with Crippen molar-refractivity contribution in [1.82, 2.24) is 0 Å². The van der Waals surface area contributed by atoms with E-state index in [1.807, 2.05) is 30.5 Å². The Labute approximate surface area is 98.5 Å². The van der Waals surface area contributed by atoms with Crippen LogP contribution in [-0.4, -0.2) is 13.1 Å². The topological polar surface area (TPSA) is 26.3 Å². The molecule has 0 atom stereocenters. The van der Waals surface area contributed by atoms with Gasteiger partial charge in [-0.3, -0.25) is 0 Å². The molecule has 82 valence electrons. The molecule has 0 amide bonds. The second-order valence-corrected chi connectivity index (χ2v) is 4.26. The Balaban J connectivity index is 2.53. The predicted molar refractivity (Wildman–Crippen MR) is 65.8 cm³/mol. The maximum atomic E-state index is 11.5. The van der Waals surface area contributed by atoms with E-state index in [1.54, 1.807) is 17.4 Å². The van der Waals surface area contributed by atoms with E-state index in [9.17, 15) is 4.79 Å². The van der Waals surface area contributed by atoms with Crippen LogP contribution in [0.3, 0.4) is 0 Å². The third-order valence-corrected chi connectivity index (χ3v) is 3.25. The van der Waals surface area contributed by atoms with Gasteiger partial charge in [0.25, 0.3) is 0 Å². The lowest BCUT2D eigenvalue weighted by Gasteiger charge is -2.08. The van der Waals surface area contributed by atoms with E-state index in [0.29, 0.717) is 5.56 Å². The van der Waals surface area contributed by atoms with Gasteiger partial charge in [0.2, 0.25) is 0 Å². The average Bonchev–Trinajstić information content (AvgIpc) is 2.82. The largest absolute Gasteiger partial charge is 0.465 e. The number of methoxy groups -OCH3 is 1. The molecule has 2 aromatic rings. The standard InChI is InChI=1S/C13H12O2S/c1-9-11(10-6-7-16-8-10)4-3-5-12(9)13(14)15-2/h3-8H,1-2H3. The molecule has 0 saturated heterocycles. The number of hydrogen-bond donors (Lipinski definition) is 0. The molecule has 2 rings (SSSR count). The molecule has 0 aliphatic rings. The van der Waals surface area contributed by atoms with Crippen molar-refractivity contribution < 1.29 is 9.53 Å². The highest BCUT2D eigenvalue weighted by Gasteiger charge is 2.12. The highest BCUT2D eigenvalue weighted by atomic mass is 32.1. The predicted octanol–water partition coefficient (Wildman–Crippen LogP) is 3.51. The van der Waals surface area contributed by atoms with Crippen LogP contribution in [0, 0.1) is 6.92 Å². The summed E-state index contributed by atoms with van der Waals surface area (Å²) in [6.07, 6.45) is 0. The van der Waals surface area contributed by atoms with Crippen LogP contribution < -0.4 is 0 Å². The number of benzene rings is 1. The van der Waals surface area contributed by atoms with Gasteiger partial charge in [-0.15, -0.1) is 0 Å². The number of ether oxygens (including phenoxy) is 1. The van der Waals surface area contributed by atoms with E-state index in [2.05, 4.69) is 5.38 Å². The smallest absolute Gasteiger partial charge is 0.338 e. The van der Waals surface area contributed by atoms with Crippen LogP contribution in [0.2, 0.25) is 0 Å². The molecule has 0 radical (unpaired) electrons. The molecule has 0 N–H and O–H groups in total. The molecule has 0 spiro atoms. The van der Waals surface area contributed by atoms with E-state index in [1.165, 1.54) is 7.11 Å². The van der Waals surface area contributed by atoms with Gasteiger partial charge in [-0.05, 0) is 46.5 Å². The zero-order chi connectivity index (χ0) is 11.5. The normalized spacial score (nSPS) is 10.1. The van der Waals surface area contributed by atoms with Crippen molar-refractivity contribution >= 4 is 17.3 Å². The lowest BCUT2D eigenvalue weighted by molar-refractivity contribution is 0.0600. The third kappa shape index (κ3) is 1.86. The van der Waals surface area contributed by atoms with Gasteiger partial charge in [0.15, 0.2) is 0 Å². The fraction of sp³-hybridized carbons (Fsp3) is 0.154. The SMILES string of the molecule is COC(=O)c1cccc(-c2ccsc2)c1C. The highest BCUT2D eigenvalue weighted by Crippen LogP contribution is 2.27. The van der Waals surface area contributed by atoms with E-state index in [-0.39, 0.29) is 5.97 Å². The van der Waals surface area contributed by atoms with Crippen molar-refractivity contribution in [2.45, 2.75) is 6.92 Å². The Morgan fingerprint density at radius 1 is 1.31 bits per heavy atom. The molecule has 0 bridgehead atoms. The summed E-state index contributed by atoms with van der Waals surface area (Å²) in [5, 5.41) is 4.10. The van der Waals surface area contributed by atoms with Crippen LogP contribution in [0.5, 0.6) is 0 Å². The van der Waals surface area contributed by atoms with E-state index in [4.69, 9.17) is 4.74 Å². The maximum Gasteiger partial charge on any atom is 0.338 e. The van der Waals surface area contributed by atoms with Gasteiger partial charge < -0.3 is 4.74 Å². The molecule has 3 heteroatoms. The lowest BCUT2D eigenvalue weighted by Crippen LogP contribution is -2.04. The first-order valence-electron chi connectivity index (χ1n) is 4.94. The monoisotopic (exact) mass is 232 g/mol. The summed E-state index contributed by atoms with van der Waals surface area (Å²) in [5.74, 6) is -0.283. The first-order valence-corrected chi connectivity index (χ1v) is 5.89. The summed E-state index contributed by atoms with van der Waals surface area (Å²) in [4.78, 5) is 11.5. The molecule has 2 nitrogen and oxygen atoms in total. The van der Waals surface area contributed by atoms with Crippen molar-refractivity contribution in [2.75, 3.05) is 7.11 Å². The molecule has 1 aromatic carbocycles. The number of hydrogen-bond acceptors (Lipinski definition) is 3. The molecule has 0 aliphatic carbocycles. The summed E-state index contributed by atoms with van der Waals surface area (Å²) in [6, 6.07) is 7.74. The Morgan fingerprint density at radius 2 is 2.12 bits per heavy atom. The van der Waals surface area contributed by atoms with Crippen LogP contribution in [0.15, 0.2) is 35.0 Å². The van der Waals surface area contributed by atoms with Crippen molar-refractivity contribution in [3.8, 4) is 11.1 Å². The molecule has 0 saturated carbocycles. The minimum atomic E-state index is -0.283. The first kappa shape index (κ1) is 10.9. The molecular formula is C13H12O2S. The molecule has 0 aliphatic heterocycles. The third-order valence-electron chi connectivity index (χ3n) is 2.57. The molecule has 1 heterocycles. The molecule has 0 fully saturated rings. The van der Waals surface area contributed by atoms with Crippen LogP contribution in [0.4, 0.5) is 0 Å². The quantitative estimate of drug-likeness (QED) is 0.741. The van der Waals surface area contributed by atoms with Crippen LogP contribution in [0.1, 0.15) is 15.9 Å². The number of carbonyl (C=O) groups excluding carboxylic acids is 1. The summed E-state index contributed by atoms with van der Waals surface area (Å²) in [7, 11) is 1.40. The fourth-order valence-corrected chi connectivity index (χ4v) is 2.35. The van der Waals surface area contributed by atoms with E-state index < -0.39 is 0 Å². The van der Waals surface area contributed by atoms with Crippen LogP contribution in [0.25, 0.3) is 11.1 Å². The van der Waals surface area contributed by atoms with Gasteiger partial charge in [-0.25, -0.2) is 4.79 Å². The number of esters is 1. The van der Waals surface area contributed by atoms with Crippen molar-refractivity contribution in [3.05, 3.63) is 46.2 Å². The van der Waals surface area contributed by atoms with Gasteiger partial charge in [-0.2, -0.15) is 11.3 Å². The molecular weight excluding hydrogens is 220 g/mol. The minimum Gasteiger partial charge on any atom is -0.465 e. The molecule has 16 heavy (non-hydrogen) atoms. The van der Waals surface area contributed by atoms with Gasteiger partial charge in [0.05, 0.1) is 12.7 Å². The number of carbonyl (C=O) groups is 1. The zero-order valence-corrected chi connectivity index (χ0v) is 10.0. The fourth-order valence-electron chi connectivity index (χ4n) is 1.70. The number of rotatable bonds is 2. The zero-order valence-electron chi connectivity index (χ0n) is 9.19. The second-order valence-electron chi connectivity index (χ2n) is 3.48. The number of thiophene rings is 1. The average molecular weight is 232 g/mol. The van der Waals surface area contributed by atoms with Gasteiger partial charge in [-0.1, -0.05) is 12.1 Å². The lowest BCUT2D eigenvalue weighted by atomic mass is 9.98. The van der Waals surface area contributed by atoms with Gasteiger partial charge in [0, 0.05) is 0 Å². The van der Waals surface area contributed by atoms with Crippen LogP contribution >= 0.6 is 11.3 Å². The van der Waals surface area contributed by atoms with E-state index >= 15 is 0 Å². The van der Waals surface area contributed by atoms with Crippen molar-refractivity contribution in [1.29, 1.82) is 0 Å². The summed E-state index contributed by atoms with van der Waals surface area (Å²) < 4.78 is 4.75. The highest BCUT2D eigenvalue weighted by molar-refractivity contribution is 7.08. The van der Waals surface area contributed by atoms with Crippen molar-refractivity contribution in [3.63, 3.8) is 0 Å². The van der Waals surface area contributed by atoms with Gasteiger partial charge >= 0.3 is 5.97 Å². The maximum absolute atomic E-state index is 11.5. The Hall–Kier alpha value is -1.61. The second kappa shape index (κ2) is 4.49. The van der Waals surface area contributed by atoms with E-state index in [0.717, 1.165) is 16.7 Å². The summed E-state index contributed by atoms with van der Waals surface area (Å²) >= 11 is 1.65. The minimum absolute atomic E-state index is 0.283. The molecule has 1 aromatic heterocycles. The Kier molecular flexibility index (Phi) is 3.06. The Bertz CT molecular complexity index is 501. The Morgan fingerprint density at radius 3 is 2.75 bits per heavy atom. The summed E-state index contributed by atoms with van der Waals surface area (Å²) in [5.41, 5.74) is 3.83.